The maximum atomic E-state index is 11.3. The molecule has 14 heavy (non-hydrogen) atoms. The van der Waals surface area contributed by atoms with Gasteiger partial charge in [0.1, 0.15) is 12.3 Å². The van der Waals surface area contributed by atoms with Crippen molar-refractivity contribution >= 4 is 17.5 Å². The molecule has 1 rings (SSSR count). The Morgan fingerprint density at radius 2 is 2.36 bits per heavy atom. The van der Waals surface area contributed by atoms with Gasteiger partial charge in [-0.05, 0) is 18.2 Å². The van der Waals surface area contributed by atoms with Gasteiger partial charge in [0.05, 0.1) is 11.6 Å². The third-order valence-electron chi connectivity index (χ3n) is 1.53. The first-order valence-corrected chi connectivity index (χ1v) is 4.16. The van der Waals surface area contributed by atoms with Gasteiger partial charge >= 0.3 is 0 Å². The number of nitrogens with zero attached hydrogens (tertiary/aromatic N) is 1. The molecule has 0 aromatic heterocycles. The van der Waals surface area contributed by atoms with Crippen LogP contribution < -0.4 is 5.32 Å². The second-order valence-corrected chi connectivity index (χ2v) is 2.94. The van der Waals surface area contributed by atoms with Crippen LogP contribution in [0.15, 0.2) is 18.2 Å². The minimum atomic E-state index is -0.522. The molecule has 1 aromatic rings. The summed E-state index contributed by atoms with van der Waals surface area (Å²) < 4.78 is 0. The van der Waals surface area contributed by atoms with Crippen LogP contribution >= 0.6 is 11.6 Å². The summed E-state index contributed by atoms with van der Waals surface area (Å²) in [6, 6.07) is 5.89. The van der Waals surface area contributed by atoms with Crippen molar-refractivity contribution in [3.05, 3.63) is 28.8 Å². The van der Waals surface area contributed by atoms with Crippen molar-refractivity contribution in [1.29, 1.82) is 5.26 Å². The molecule has 1 amide bonds. The molecule has 4 nitrogen and oxygen atoms in total. The van der Waals surface area contributed by atoms with Gasteiger partial charge in [0.15, 0.2) is 0 Å². The monoisotopic (exact) mass is 210 g/mol. The Kier molecular flexibility index (Phi) is 3.32. The minimum Gasteiger partial charge on any atom is -0.507 e. The molecule has 0 saturated carbocycles. The van der Waals surface area contributed by atoms with E-state index in [0.717, 1.165) is 0 Å². The van der Waals surface area contributed by atoms with E-state index in [-0.39, 0.29) is 17.9 Å². The molecule has 0 spiro atoms. The Morgan fingerprint density at radius 1 is 1.64 bits per heavy atom. The molecule has 72 valence electrons. The van der Waals surface area contributed by atoms with E-state index >= 15 is 0 Å². The minimum absolute atomic E-state index is 0.0627. The number of benzene rings is 1. The van der Waals surface area contributed by atoms with E-state index in [4.69, 9.17) is 16.9 Å². The van der Waals surface area contributed by atoms with Gasteiger partial charge in [-0.3, -0.25) is 4.79 Å². The summed E-state index contributed by atoms with van der Waals surface area (Å²) in [5, 5.41) is 20.2. The zero-order valence-corrected chi connectivity index (χ0v) is 7.88. The smallest absolute Gasteiger partial charge is 0.255 e. The number of aromatic hydroxyl groups is 1. The van der Waals surface area contributed by atoms with Crippen LogP contribution in [-0.2, 0) is 0 Å². The summed E-state index contributed by atoms with van der Waals surface area (Å²) in [7, 11) is 0. The second-order valence-electron chi connectivity index (χ2n) is 2.50. The van der Waals surface area contributed by atoms with Gasteiger partial charge in [-0.15, -0.1) is 0 Å². The summed E-state index contributed by atoms with van der Waals surface area (Å²) in [5.74, 6) is -0.684. The molecule has 5 heteroatoms. The number of carbonyl (C=O) groups excluding carboxylic acids is 1. The third-order valence-corrected chi connectivity index (χ3v) is 1.77. The molecule has 0 heterocycles. The van der Waals surface area contributed by atoms with Crippen molar-refractivity contribution in [2.45, 2.75) is 0 Å². The van der Waals surface area contributed by atoms with Crippen LogP contribution in [-0.4, -0.2) is 17.6 Å². The Hall–Kier alpha value is -1.73. The number of rotatable bonds is 2. The van der Waals surface area contributed by atoms with Gasteiger partial charge in [-0.2, -0.15) is 5.26 Å². The van der Waals surface area contributed by atoms with Gasteiger partial charge in [-0.25, -0.2) is 0 Å². The van der Waals surface area contributed by atoms with E-state index in [1.165, 1.54) is 18.2 Å². The molecular weight excluding hydrogens is 204 g/mol. The maximum absolute atomic E-state index is 11.3. The number of hydrogen-bond acceptors (Lipinski definition) is 3. The van der Waals surface area contributed by atoms with Crippen molar-refractivity contribution in [1.82, 2.24) is 5.32 Å². The predicted octanol–water partition coefficient (Wildman–Crippen LogP) is 1.30. The second kappa shape index (κ2) is 4.49. The average Bonchev–Trinajstić information content (AvgIpc) is 2.18. The summed E-state index contributed by atoms with van der Waals surface area (Å²) in [5.41, 5.74) is 0.0627. The van der Waals surface area contributed by atoms with Crippen LogP contribution in [0.4, 0.5) is 0 Å². The van der Waals surface area contributed by atoms with Crippen LogP contribution in [0, 0.1) is 11.3 Å². The van der Waals surface area contributed by atoms with Crippen molar-refractivity contribution in [3.8, 4) is 11.8 Å². The number of phenols is 1. The fraction of sp³-hybridized carbons (Fsp3) is 0.111. The lowest BCUT2D eigenvalue weighted by atomic mass is 10.2. The number of carbonyl (C=O) groups is 1. The van der Waals surface area contributed by atoms with E-state index in [9.17, 15) is 9.90 Å². The van der Waals surface area contributed by atoms with E-state index in [0.29, 0.717) is 5.02 Å². The fourth-order valence-electron chi connectivity index (χ4n) is 0.905. The first kappa shape index (κ1) is 10.4. The number of nitrogens with one attached hydrogen (secondary N) is 1. The average molecular weight is 211 g/mol. The molecule has 0 aliphatic carbocycles. The molecule has 0 fully saturated rings. The Labute approximate surface area is 85.7 Å². The Morgan fingerprint density at radius 3 is 3.00 bits per heavy atom. The molecule has 0 bridgehead atoms. The quantitative estimate of drug-likeness (QED) is 0.723. The highest BCUT2D eigenvalue weighted by Crippen LogP contribution is 2.20. The van der Waals surface area contributed by atoms with Gasteiger partial charge in [-0.1, -0.05) is 11.6 Å². The zero-order valence-electron chi connectivity index (χ0n) is 7.12. The van der Waals surface area contributed by atoms with Crippen molar-refractivity contribution in [2.24, 2.45) is 0 Å². The lowest BCUT2D eigenvalue weighted by Gasteiger charge is -2.03. The van der Waals surface area contributed by atoms with Gasteiger partial charge in [0, 0.05) is 5.02 Å². The topological polar surface area (TPSA) is 73.1 Å². The molecule has 0 aliphatic heterocycles. The van der Waals surface area contributed by atoms with Crippen molar-refractivity contribution in [3.63, 3.8) is 0 Å². The Balaban J connectivity index is 2.90. The van der Waals surface area contributed by atoms with Crippen molar-refractivity contribution < 1.29 is 9.90 Å². The van der Waals surface area contributed by atoms with Gasteiger partial charge in [0.2, 0.25) is 0 Å². The number of hydrogen-bond donors (Lipinski definition) is 2. The lowest BCUT2D eigenvalue weighted by Crippen LogP contribution is -2.23. The standard InChI is InChI=1S/C9H7ClN2O2/c10-6-1-2-8(13)7(5-6)9(14)12-4-3-11/h1-2,5,13H,4H2,(H,12,14). The summed E-state index contributed by atoms with van der Waals surface area (Å²) in [6.07, 6.45) is 0. The first-order valence-electron chi connectivity index (χ1n) is 3.79. The number of halogens is 1. The normalized spacial score (nSPS) is 9.14. The number of nitriles is 1. The van der Waals surface area contributed by atoms with E-state index in [1.54, 1.807) is 6.07 Å². The maximum Gasteiger partial charge on any atom is 0.255 e. The first-order chi connectivity index (χ1) is 6.65. The largest absolute Gasteiger partial charge is 0.507 e. The third kappa shape index (κ3) is 2.38. The zero-order chi connectivity index (χ0) is 10.6. The van der Waals surface area contributed by atoms with E-state index < -0.39 is 5.91 Å². The molecule has 0 atom stereocenters. The fourth-order valence-corrected chi connectivity index (χ4v) is 1.08. The number of phenolic OH excluding ortho intramolecular Hbond substituents is 1. The molecule has 0 radical (unpaired) electrons. The number of amides is 1. The molecule has 0 saturated heterocycles. The van der Waals surface area contributed by atoms with Gasteiger partial charge in [0.25, 0.3) is 5.91 Å². The lowest BCUT2D eigenvalue weighted by molar-refractivity contribution is 0.0956. The van der Waals surface area contributed by atoms with Gasteiger partial charge < -0.3 is 10.4 Å². The van der Waals surface area contributed by atoms with Crippen molar-refractivity contribution in [2.75, 3.05) is 6.54 Å². The SMILES string of the molecule is N#CCNC(=O)c1cc(Cl)ccc1O. The van der Waals surface area contributed by atoms with Crippen LogP contribution in [0.1, 0.15) is 10.4 Å². The summed E-state index contributed by atoms with van der Waals surface area (Å²) in [4.78, 5) is 11.3. The summed E-state index contributed by atoms with van der Waals surface area (Å²) >= 11 is 5.64. The Bertz CT molecular complexity index is 398. The molecular formula is C9H7ClN2O2. The summed E-state index contributed by atoms with van der Waals surface area (Å²) in [6.45, 7) is -0.106. The molecule has 1 aromatic carbocycles. The highest BCUT2D eigenvalue weighted by atomic mass is 35.5. The van der Waals surface area contributed by atoms with Crippen LogP contribution in [0.5, 0.6) is 5.75 Å². The van der Waals surface area contributed by atoms with Crippen LogP contribution in [0.3, 0.4) is 0 Å². The van der Waals surface area contributed by atoms with Crippen LogP contribution in [0.2, 0.25) is 5.02 Å². The van der Waals surface area contributed by atoms with E-state index in [2.05, 4.69) is 5.32 Å². The highest BCUT2D eigenvalue weighted by Gasteiger charge is 2.10. The highest BCUT2D eigenvalue weighted by molar-refractivity contribution is 6.31. The van der Waals surface area contributed by atoms with E-state index in [1.807, 2.05) is 0 Å². The molecule has 2 N–H and O–H groups in total. The van der Waals surface area contributed by atoms with Crippen LogP contribution in [0.25, 0.3) is 0 Å². The molecule has 0 aliphatic rings. The molecule has 0 unspecified atom stereocenters. The predicted molar refractivity (Wildman–Crippen MR) is 51.1 cm³/mol.